The zero-order valence-corrected chi connectivity index (χ0v) is 12.4. The molecule has 0 bridgehead atoms. The van der Waals surface area contributed by atoms with E-state index < -0.39 is 0 Å². The molecule has 1 aromatic carbocycles. The van der Waals surface area contributed by atoms with E-state index in [9.17, 15) is 4.79 Å². The number of benzene rings is 1. The van der Waals surface area contributed by atoms with Crippen molar-refractivity contribution in [3.63, 3.8) is 0 Å². The average Bonchev–Trinajstić information content (AvgIpc) is 3.18. The van der Waals surface area contributed by atoms with Gasteiger partial charge in [-0.05, 0) is 25.5 Å². The van der Waals surface area contributed by atoms with Crippen LogP contribution >= 0.6 is 12.4 Å². The summed E-state index contributed by atoms with van der Waals surface area (Å²) in [5.74, 6) is 0.174. The van der Waals surface area contributed by atoms with Gasteiger partial charge in [-0.25, -0.2) is 0 Å². The summed E-state index contributed by atoms with van der Waals surface area (Å²) >= 11 is 0. The van der Waals surface area contributed by atoms with Gasteiger partial charge in [0.15, 0.2) is 0 Å². The number of hydrogen-bond acceptors (Lipinski definition) is 2. The van der Waals surface area contributed by atoms with E-state index >= 15 is 0 Å². The first-order valence-electron chi connectivity index (χ1n) is 6.66. The molecule has 1 aliphatic carbocycles. The van der Waals surface area contributed by atoms with Gasteiger partial charge in [0, 0.05) is 24.4 Å². The Morgan fingerprint density at radius 1 is 1.32 bits per heavy atom. The van der Waals surface area contributed by atoms with Gasteiger partial charge in [0.2, 0.25) is 5.91 Å². The Morgan fingerprint density at radius 3 is 2.47 bits per heavy atom. The summed E-state index contributed by atoms with van der Waals surface area (Å²) in [6.07, 6.45) is 2.36. The first-order valence-corrected chi connectivity index (χ1v) is 6.66. The second kappa shape index (κ2) is 6.92. The number of halogens is 1. The molecule has 4 heteroatoms. The van der Waals surface area contributed by atoms with E-state index in [1.165, 1.54) is 18.4 Å². The van der Waals surface area contributed by atoms with Crippen molar-refractivity contribution in [3.8, 4) is 0 Å². The van der Waals surface area contributed by atoms with Crippen molar-refractivity contribution in [1.82, 2.24) is 10.6 Å². The Balaban J connectivity index is 0.00000180. The van der Waals surface area contributed by atoms with Gasteiger partial charge in [0.1, 0.15) is 0 Å². The third kappa shape index (κ3) is 3.95. The van der Waals surface area contributed by atoms with Crippen LogP contribution in [0.2, 0.25) is 0 Å². The van der Waals surface area contributed by atoms with Crippen molar-refractivity contribution in [2.75, 3.05) is 20.1 Å². The summed E-state index contributed by atoms with van der Waals surface area (Å²) in [7, 11) is 1.87. The smallest absolute Gasteiger partial charge is 0.224 e. The summed E-state index contributed by atoms with van der Waals surface area (Å²) in [6.45, 7) is 3.45. The van der Waals surface area contributed by atoms with Crippen molar-refractivity contribution in [3.05, 3.63) is 35.9 Å². The fourth-order valence-electron chi connectivity index (χ4n) is 2.34. The normalized spacial score (nSPS) is 17.2. The van der Waals surface area contributed by atoms with Crippen LogP contribution in [0.3, 0.4) is 0 Å². The van der Waals surface area contributed by atoms with Crippen LogP contribution in [-0.2, 0) is 10.2 Å². The van der Waals surface area contributed by atoms with Crippen LogP contribution in [-0.4, -0.2) is 26.0 Å². The van der Waals surface area contributed by atoms with E-state index in [0.29, 0.717) is 0 Å². The van der Waals surface area contributed by atoms with Crippen LogP contribution < -0.4 is 10.6 Å². The molecule has 1 aliphatic rings. The topological polar surface area (TPSA) is 41.1 Å². The van der Waals surface area contributed by atoms with E-state index in [4.69, 9.17) is 0 Å². The van der Waals surface area contributed by atoms with Gasteiger partial charge in [-0.3, -0.25) is 4.79 Å². The largest absolute Gasteiger partial charge is 0.355 e. The Bertz CT molecular complexity index is 404. The quantitative estimate of drug-likeness (QED) is 0.839. The summed E-state index contributed by atoms with van der Waals surface area (Å²) < 4.78 is 0. The van der Waals surface area contributed by atoms with E-state index in [0.717, 1.165) is 13.1 Å². The van der Waals surface area contributed by atoms with Crippen molar-refractivity contribution in [1.29, 1.82) is 0 Å². The van der Waals surface area contributed by atoms with Gasteiger partial charge in [-0.1, -0.05) is 37.3 Å². The summed E-state index contributed by atoms with van der Waals surface area (Å²) in [5, 5.41) is 6.12. The molecule has 1 fully saturated rings. The minimum absolute atomic E-state index is 0. The first kappa shape index (κ1) is 16.0. The van der Waals surface area contributed by atoms with Gasteiger partial charge >= 0.3 is 0 Å². The highest BCUT2D eigenvalue weighted by atomic mass is 35.5. The molecule has 106 valence electrons. The Kier molecular flexibility index (Phi) is 5.83. The number of hydrogen-bond donors (Lipinski definition) is 2. The minimum atomic E-state index is 0. The van der Waals surface area contributed by atoms with Gasteiger partial charge in [-0.15, -0.1) is 12.4 Å². The number of carbonyl (C=O) groups excluding carboxylic acids is 1. The number of amides is 1. The average molecular weight is 283 g/mol. The molecule has 0 saturated heterocycles. The van der Waals surface area contributed by atoms with Crippen LogP contribution in [0.5, 0.6) is 0 Å². The highest BCUT2D eigenvalue weighted by Crippen LogP contribution is 2.47. The second-order valence-corrected chi connectivity index (χ2v) is 5.32. The predicted octanol–water partition coefficient (Wildman–Crippen LogP) is 2.11. The van der Waals surface area contributed by atoms with Gasteiger partial charge in [-0.2, -0.15) is 0 Å². The fourth-order valence-corrected chi connectivity index (χ4v) is 2.34. The first-order chi connectivity index (χ1) is 8.68. The second-order valence-electron chi connectivity index (χ2n) is 5.32. The molecule has 2 rings (SSSR count). The molecule has 1 atom stereocenters. The third-order valence-electron chi connectivity index (χ3n) is 3.80. The Hall–Kier alpha value is -1.06. The molecule has 0 aliphatic heterocycles. The monoisotopic (exact) mass is 282 g/mol. The fraction of sp³-hybridized carbons (Fsp3) is 0.533. The SMILES string of the molecule is CNCC(C)C(=O)NCC1(c2ccccc2)CC1.Cl. The predicted molar refractivity (Wildman–Crippen MR) is 80.7 cm³/mol. The van der Waals surface area contributed by atoms with Crippen LogP contribution in [0.15, 0.2) is 30.3 Å². The molecule has 0 radical (unpaired) electrons. The summed E-state index contributed by atoms with van der Waals surface area (Å²) in [5.41, 5.74) is 1.56. The van der Waals surface area contributed by atoms with Gasteiger partial charge in [0.25, 0.3) is 0 Å². The molecule has 3 nitrogen and oxygen atoms in total. The summed E-state index contributed by atoms with van der Waals surface area (Å²) in [4.78, 5) is 11.9. The summed E-state index contributed by atoms with van der Waals surface area (Å²) in [6, 6.07) is 10.5. The van der Waals surface area contributed by atoms with E-state index in [2.05, 4.69) is 34.9 Å². The van der Waals surface area contributed by atoms with Gasteiger partial charge in [0.05, 0.1) is 0 Å². The lowest BCUT2D eigenvalue weighted by atomic mass is 9.96. The number of rotatable bonds is 6. The van der Waals surface area contributed by atoms with Crippen molar-refractivity contribution < 1.29 is 4.79 Å². The molecule has 1 unspecified atom stereocenters. The zero-order chi connectivity index (χ0) is 13.0. The molecular formula is C15H23ClN2O. The van der Waals surface area contributed by atoms with Crippen LogP contribution in [0.1, 0.15) is 25.3 Å². The third-order valence-corrected chi connectivity index (χ3v) is 3.80. The van der Waals surface area contributed by atoms with Crippen LogP contribution in [0, 0.1) is 5.92 Å². The van der Waals surface area contributed by atoms with Crippen molar-refractivity contribution in [2.45, 2.75) is 25.2 Å². The molecule has 1 amide bonds. The minimum Gasteiger partial charge on any atom is -0.355 e. The number of nitrogens with one attached hydrogen (secondary N) is 2. The van der Waals surface area contributed by atoms with Crippen molar-refractivity contribution in [2.24, 2.45) is 5.92 Å². The molecule has 0 spiro atoms. The Morgan fingerprint density at radius 2 is 1.95 bits per heavy atom. The maximum atomic E-state index is 11.9. The molecular weight excluding hydrogens is 260 g/mol. The molecule has 1 saturated carbocycles. The molecule has 1 aromatic rings. The molecule has 0 heterocycles. The highest BCUT2D eigenvalue weighted by molar-refractivity contribution is 5.85. The lowest BCUT2D eigenvalue weighted by Gasteiger charge is -2.18. The maximum Gasteiger partial charge on any atom is 0.224 e. The highest BCUT2D eigenvalue weighted by Gasteiger charge is 2.44. The van der Waals surface area contributed by atoms with Crippen LogP contribution in [0.4, 0.5) is 0 Å². The Labute approximate surface area is 121 Å². The van der Waals surface area contributed by atoms with Crippen molar-refractivity contribution >= 4 is 18.3 Å². The maximum absolute atomic E-state index is 11.9. The molecule has 19 heavy (non-hydrogen) atoms. The molecule has 0 aromatic heterocycles. The molecule has 2 N–H and O–H groups in total. The van der Waals surface area contributed by atoms with E-state index in [1.807, 2.05) is 20.0 Å². The van der Waals surface area contributed by atoms with E-state index in [-0.39, 0.29) is 29.6 Å². The lowest BCUT2D eigenvalue weighted by Crippen LogP contribution is -2.38. The van der Waals surface area contributed by atoms with Crippen LogP contribution in [0.25, 0.3) is 0 Å². The zero-order valence-electron chi connectivity index (χ0n) is 11.6. The lowest BCUT2D eigenvalue weighted by molar-refractivity contribution is -0.124. The van der Waals surface area contributed by atoms with Gasteiger partial charge < -0.3 is 10.6 Å². The number of carbonyl (C=O) groups is 1. The standard InChI is InChI=1S/C15H22N2O.ClH/c1-12(10-16-2)14(18)17-11-15(8-9-15)13-6-4-3-5-7-13;/h3-7,12,16H,8-11H2,1-2H3,(H,17,18);1H. The van der Waals surface area contributed by atoms with E-state index in [1.54, 1.807) is 0 Å².